The molecule has 5 nitrogen and oxygen atoms in total. The summed E-state index contributed by atoms with van der Waals surface area (Å²) < 4.78 is 0. The van der Waals surface area contributed by atoms with Gasteiger partial charge in [0.05, 0.1) is 0 Å². The second-order valence-electron chi connectivity index (χ2n) is 6.76. The van der Waals surface area contributed by atoms with E-state index in [4.69, 9.17) is 0 Å². The van der Waals surface area contributed by atoms with Gasteiger partial charge in [-0.3, -0.25) is 9.79 Å². The molecule has 0 aromatic heterocycles. The van der Waals surface area contributed by atoms with Gasteiger partial charge in [0, 0.05) is 37.0 Å². The Hall–Kier alpha value is -1.69. The van der Waals surface area contributed by atoms with Gasteiger partial charge in [-0.05, 0) is 49.1 Å². The maximum Gasteiger partial charge on any atom is 0.227 e. The fourth-order valence-corrected chi connectivity index (χ4v) is 4.30. The summed E-state index contributed by atoms with van der Waals surface area (Å²) in [7, 11) is 1.80. The van der Waals surface area contributed by atoms with Crippen LogP contribution >= 0.6 is 11.8 Å². The molecule has 1 aliphatic heterocycles. The topological polar surface area (TPSA) is 65.5 Å². The fourth-order valence-electron chi connectivity index (χ4n) is 3.10. The molecule has 136 valence electrons. The van der Waals surface area contributed by atoms with Crippen molar-refractivity contribution in [1.29, 1.82) is 0 Å². The molecular weight excluding hydrogens is 332 g/mol. The van der Waals surface area contributed by atoms with Crippen molar-refractivity contribution in [3.8, 4) is 0 Å². The molecule has 2 aliphatic rings. The summed E-state index contributed by atoms with van der Waals surface area (Å²) in [5.74, 6) is 2.47. The minimum absolute atomic E-state index is 0.155. The summed E-state index contributed by atoms with van der Waals surface area (Å²) >= 11 is 2.04. The second-order valence-corrected chi connectivity index (χ2v) is 8.17. The largest absolute Gasteiger partial charge is 0.355 e. The minimum Gasteiger partial charge on any atom is -0.355 e. The number of thioether (sulfide) groups is 1. The van der Waals surface area contributed by atoms with E-state index in [1.54, 1.807) is 7.05 Å². The third-order valence-corrected chi connectivity index (χ3v) is 6.27. The van der Waals surface area contributed by atoms with Gasteiger partial charge < -0.3 is 16.0 Å². The van der Waals surface area contributed by atoms with Crippen molar-refractivity contribution in [3.05, 3.63) is 29.8 Å². The van der Waals surface area contributed by atoms with Crippen LogP contribution in [0.5, 0.6) is 0 Å². The van der Waals surface area contributed by atoms with E-state index in [2.05, 4.69) is 27.0 Å². The molecule has 3 N–H and O–H groups in total. The highest BCUT2D eigenvalue weighted by molar-refractivity contribution is 8.00. The number of aliphatic imine (C=N–C) groups is 1. The monoisotopic (exact) mass is 360 g/mol. The Balaban J connectivity index is 1.46. The molecule has 1 aliphatic carbocycles. The molecule has 1 aromatic rings. The predicted octanol–water partition coefficient (Wildman–Crippen LogP) is 2.99. The van der Waals surface area contributed by atoms with Crippen LogP contribution < -0.4 is 16.0 Å². The highest BCUT2D eigenvalue weighted by Gasteiger charge is 2.25. The van der Waals surface area contributed by atoms with E-state index >= 15 is 0 Å². The van der Waals surface area contributed by atoms with Crippen molar-refractivity contribution in [2.45, 2.75) is 43.9 Å². The van der Waals surface area contributed by atoms with Crippen LogP contribution in [0, 0.1) is 5.92 Å². The molecule has 25 heavy (non-hydrogen) atoms. The third-order valence-electron chi connectivity index (χ3n) is 4.88. The van der Waals surface area contributed by atoms with Crippen LogP contribution in [0.2, 0.25) is 0 Å². The number of hydrogen-bond acceptors (Lipinski definition) is 3. The Labute approximate surface area is 154 Å². The van der Waals surface area contributed by atoms with Gasteiger partial charge in [0.15, 0.2) is 5.96 Å². The zero-order valence-electron chi connectivity index (χ0n) is 14.9. The van der Waals surface area contributed by atoms with Gasteiger partial charge in [-0.1, -0.05) is 18.6 Å². The molecule has 1 saturated carbocycles. The fraction of sp³-hybridized carbons (Fsp3) is 0.579. The minimum atomic E-state index is 0.155. The summed E-state index contributed by atoms with van der Waals surface area (Å²) in [4.78, 5) is 16.4. The van der Waals surface area contributed by atoms with Gasteiger partial charge >= 0.3 is 0 Å². The van der Waals surface area contributed by atoms with Crippen molar-refractivity contribution < 1.29 is 4.79 Å². The molecule has 3 rings (SSSR count). The highest BCUT2D eigenvalue weighted by atomic mass is 32.2. The average molecular weight is 361 g/mol. The molecular formula is C19H28N4OS. The van der Waals surface area contributed by atoms with Crippen LogP contribution in [0.3, 0.4) is 0 Å². The van der Waals surface area contributed by atoms with Crippen LogP contribution in [0.4, 0.5) is 5.69 Å². The van der Waals surface area contributed by atoms with Gasteiger partial charge in [-0.25, -0.2) is 0 Å². The Kier molecular flexibility index (Phi) is 6.62. The second kappa shape index (κ2) is 9.13. The first-order chi connectivity index (χ1) is 12.2. The number of guanidine groups is 1. The third kappa shape index (κ3) is 5.39. The van der Waals surface area contributed by atoms with Crippen LogP contribution in [0.25, 0.3) is 0 Å². The van der Waals surface area contributed by atoms with Gasteiger partial charge in [0.1, 0.15) is 0 Å². The lowest BCUT2D eigenvalue weighted by Gasteiger charge is -2.24. The van der Waals surface area contributed by atoms with Gasteiger partial charge in [0.2, 0.25) is 5.91 Å². The number of amides is 1. The summed E-state index contributed by atoms with van der Waals surface area (Å²) in [6, 6.07) is 8.03. The number of rotatable bonds is 6. The molecule has 1 amide bonds. The Morgan fingerprint density at radius 2 is 2.12 bits per heavy atom. The molecule has 1 unspecified atom stereocenters. The highest BCUT2D eigenvalue weighted by Crippen LogP contribution is 2.27. The summed E-state index contributed by atoms with van der Waals surface area (Å²) in [5.41, 5.74) is 2.01. The molecule has 6 heteroatoms. The lowest BCUT2D eigenvalue weighted by atomic mass is 9.85. The Morgan fingerprint density at radius 1 is 1.24 bits per heavy atom. The van der Waals surface area contributed by atoms with E-state index in [1.807, 2.05) is 30.0 Å². The molecule has 1 atom stereocenters. The maximum atomic E-state index is 12.1. The lowest BCUT2D eigenvalue weighted by molar-refractivity contribution is -0.122. The molecule has 0 bridgehead atoms. The van der Waals surface area contributed by atoms with E-state index in [9.17, 15) is 4.79 Å². The zero-order chi connectivity index (χ0) is 17.5. The van der Waals surface area contributed by atoms with Crippen LogP contribution in [-0.4, -0.2) is 36.5 Å². The van der Waals surface area contributed by atoms with Gasteiger partial charge in [0.25, 0.3) is 0 Å². The van der Waals surface area contributed by atoms with Crippen molar-refractivity contribution in [1.82, 2.24) is 10.6 Å². The molecule has 1 saturated heterocycles. The maximum absolute atomic E-state index is 12.1. The Bertz CT molecular complexity index is 609. The molecule has 1 heterocycles. The molecule has 0 radical (unpaired) electrons. The number of benzene rings is 1. The zero-order valence-corrected chi connectivity index (χ0v) is 15.7. The van der Waals surface area contributed by atoms with Crippen molar-refractivity contribution in [2.24, 2.45) is 10.9 Å². The van der Waals surface area contributed by atoms with Crippen LogP contribution in [0.15, 0.2) is 29.3 Å². The first kappa shape index (κ1) is 18.1. The predicted molar refractivity (Wildman–Crippen MR) is 106 cm³/mol. The number of hydrogen-bond donors (Lipinski definition) is 3. The lowest BCUT2D eigenvalue weighted by Crippen LogP contribution is -2.39. The number of anilines is 1. The van der Waals surface area contributed by atoms with Gasteiger partial charge in [-0.15, -0.1) is 0 Å². The van der Waals surface area contributed by atoms with Crippen molar-refractivity contribution in [2.75, 3.05) is 24.7 Å². The normalized spacial score (nSPS) is 20.8. The van der Waals surface area contributed by atoms with Crippen LogP contribution in [-0.2, 0) is 11.3 Å². The van der Waals surface area contributed by atoms with Crippen molar-refractivity contribution in [3.63, 3.8) is 0 Å². The van der Waals surface area contributed by atoms with E-state index in [0.29, 0.717) is 11.8 Å². The summed E-state index contributed by atoms with van der Waals surface area (Å²) in [5, 5.41) is 10.5. The smallest absolute Gasteiger partial charge is 0.227 e. The van der Waals surface area contributed by atoms with E-state index in [1.165, 1.54) is 25.0 Å². The average Bonchev–Trinajstić information content (AvgIpc) is 3.07. The number of nitrogens with one attached hydrogen (secondary N) is 3. The number of carbonyl (C=O) groups excluding carboxylic acids is 1. The Morgan fingerprint density at radius 3 is 2.80 bits per heavy atom. The summed E-state index contributed by atoms with van der Waals surface area (Å²) in [6.45, 7) is 1.65. The first-order valence-electron chi connectivity index (χ1n) is 9.20. The van der Waals surface area contributed by atoms with Crippen molar-refractivity contribution >= 4 is 29.3 Å². The van der Waals surface area contributed by atoms with Gasteiger partial charge in [-0.2, -0.15) is 11.8 Å². The molecule has 1 aromatic carbocycles. The van der Waals surface area contributed by atoms with Crippen LogP contribution in [0.1, 0.15) is 37.7 Å². The number of nitrogens with zero attached hydrogens (tertiary/aromatic N) is 1. The number of carbonyl (C=O) groups is 1. The molecule has 2 fully saturated rings. The quantitative estimate of drug-likeness (QED) is 0.539. The standard InChI is InChI=1S/C19H28N4OS/c1-20-19(22-13-17-9-4-10-25-17)21-12-14-5-2-8-16(11-14)23-18(24)15-6-3-7-15/h2,5,8,11,15,17H,3-4,6-7,9-10,12-13H2,1H3,(H,23,24)(H2,20,21,22). The van der Waals surface area contributed by atoms with E-state index in [-0.39, 0.29) is 11.8 Å². The SMILES string of the molecule is CN=C(NCc1cccc(NC(=O)C2CCC2)c1)NCC1CCCS1. The van der Waals surface area contributed by atoms with E-state index < -0.39 is 0 Å². The first-order valence-corrected chi connectivity index (χ1v) is 10.3. The summed E-state index contributed by atoms with van der Waals surface area (Å²) in [6.07, 6.45) is 5.83. The molecule has 0 spiro atoms. The van der Waals surface area contributed by atoms with E-state index in [0.717, 1.165) is 36.6 Å².